The van der Waals surface area contributed by atoms with Crippen LogP contribution in [0.4, 0.5) is 0 Å². The maximum atomic E-state index is 12.9. The molecule has 28 heavy (non-hydrogen) atoms. The Hall–Kier alpha value is -2.80. The third-order valence-corrected chi connectivity index (χ3v) is 5.31. The molecule has 7 heteroatoms. The number of hydrogen-bond donors (Lipinski definition) is 2. The number of aromatic nitrogens is 1. The first-order valence-corrected chi connectivity index (χ1v) is 9.54. The topological polar surface area (TPSA) is 89.6 Å². The summed E-state index contributed by atoms with van der Waals surface area (Å²) in [7, 11) is 1.64. The lowest BCUT2D eigenvalue weighted by Crippen LogP contribution is -2.46. The lowest BCUT2D eigenvalue weighted by Gasteiger charge is -2.31. The Balaban J connectivity index is 1.69. The van der Waals surface area contributed by atoms with Gasteiger partial charge in [-0.15, -0.1) is 0 Å². The number of piperidine rings is 1. The number of aryl methyl sites for hydroxylation is 1. The number of primary amides is 1. The monoisotopic (exact) mass is 384 g/mol. The number of carbonyl (C=O) groups excluding carboxylic acids is 2. The smallest absolute Gasteiger partial charge is 0.253 e. The van der Waals surface area contributed by atoms with Crippen LogP contribution in [0.2, 0.25) is 0 Å². The van der Waals surface area contributed by atoms with Crippen LogP contribution in [0.25, 0.3) is 5.69 Å². The maximum absolute atomic E-state index is 12.9. The zero-order valence-corrected chi connectivity index (χ0v) is 16.7. The number of methoxy groups -OCH3 is 1. The summed E-state index contributed by atoms with van der Waals surface area (Å²) in [5.74, 6) is 0.432. The SMILES string of the molecule is COc1ccc(-n2c(C)cc(C(=O)NC3CCN(CC(N)=O)CC3)c2C)cc1. The molecule has 0 bridgehead atoms. The Morgan fingerprint density at radius 3 is 2.39 bits per heavy atom. The van der Waals surface area contributed by atoms with E-state index in [2.05, 4.69) is 9.88 Å². The number of likely N-dealkylation sites (tertiary alicyclic amines) is 1. The van der Waals surface area contributed by atoms with Crippen molar-refractivity contribution in [3.63, 3.8) is 0 Å². The number of ether oxygens (including phenoxy) is 1. The molecule has 0 spiro atoms. The Kier molecular flexibility index (Phi) is 6.04. The van der Waals surface area contributed by atoms with Crippen molar-refractivity contribution < 1.29 is 14.3 Å². The quantitative estimate of drug-likeness (QED) is 0.794. The molecule has 1 aromatic carbocycles. The number of nitrogens with zero attached hydrogens (tertiary/aromatic N) is 2. The molecule has 0 radical (unpaired) electrons. The largest absolute Gasteiger partial charge is 0.497 e. The van der Waals surface area contributed by atoms with Crippen molar-refractivity contribution in [2.45, 2.75) is 32.7 Å². The molecule has 0 unspecified atom stereocenters. The van der Waals surface area contributed by atoms with Crippen molar-refractivity contribution in [3.8, 4) is 11.4 Å². The standard InChI is InChI=1S/C21H28N4O3/c1-14-12-19(15(2)25(14)17-4-6-18(28-3)7-5-17)21(27)23-16-8-10-24(11-9-16)13-20(22)26/h4-7,12,16H,8-11,13H2,1-3H3,(H2,22,26)(H,23,27). The van der Waals surface area contributed by atoms with Crippen LogP contribution in [0.5, 0.6) is 5.75 Å². The normalized spacial score (nSPS) is 15.4. The van der Waals surface area contributed by atoms with Gasteiger partial charge in [-0.1, -0.05) is 0 Å². The number of nitrogens with one attached hydrogen (secondary N) is 1. The fourth-order valence-electron chi connectivity index (χ4n) is 3.84. The van der Waals surface area contributed by atoms with Gasteiger partial charge < -0.3 is 20.4 Å². The average Bonchev–Trinajstić information content (AvgIpc) is 2.97. The van der Waals surface area contributed by atoms with Gasteiger partial charge in [0.2, 0.25) is 5.91 Å². The van der Waals surface area contributed by atoms with Crippen molar-refractivity contribution in [2.75, 3.05) is 26.7 Å². The summed E-state index contributed by atoms with van der Waals surface area (Å²) in [6.45, 7) is 5.76. The molecular weight excluding hydrogens is 356 g/mol. The zero-order valence-electron chi connectivity index (χ0n) is 16.7. The van der Waals surface area contributed by atoms with E-state index in [0.717, 1.165) is 48.8 Å². The first-order valence-electron chi connectivity index (χ1n) is 9.54. The number of benzene rings is 1. The Bertz CT molecular complexity index is 849. The van der Waals surface area contributed by atoms with E-state index in [9.17, 15) is 9.59 Å². The summed E-state index contributed by atoms with van der Waals surface area (Å²) in [5.41, 5.74) is 8.85. The van der Waals surface area contributed by atoms with E-state index >= 15 is 0 Å². The van der Waals surface area contributed by atoms with Crippen molar-refractivity contribution in [2.24, 2.45) is 5.73 Å². The van der Waals surface area contributed by atoms with Gasteiger partial charge in [0.25, 0.3) is 5.91 Å². The molecular formula is C21H28N4O3. The molecule has 2 amide bonds. The Morgan fingerprint density at radius 1 is 1.18 bits per heavy atom. The van der Waals surface area contributed by atoms with Crippen molar-refractivity contribution >= 4 is 11.8 Å². The predicted octanol–water partition coefficient (Wildman–Crippen LogP) is 1.78. The second kappa shape index (κ2) is 8.48. The van der Waals surface area contributed by atoms with Crippen LogP contribution >= 0.6 is 0 Å². The van der Waals surface area contributed by atoms with Gasteiger partial charge in [0.15, 0.2) is 0 Å². The minimum atomic E-state index is -0.312. The highest BCUT2D eigenvalue weighted by molar-refractivity contribution is 5.96. The fourth-order valence-corrected chi connectivity index (χ4v) is 3.84. The second-order valence-corrected chi connectivity index (χ2v) is 7.31. The van der Waals surface area contributed by atoms with Gasteiger partial charge in [0, 0.05) is 36.2 Å². The molecule has 7 nitrogen and oxygen atoms in total. The molecule has 3 N–H and O–H groups in total. The van der Waals surface area contributed by atoms with Crippen LogP contribution in [0, 0.1) is 13.8 Å². The van der Waals surface area contributed by atoms with Crippen LogP contribution < -0.4 is 15.8 Å². The summed E-state index contributed by atoms with van der Waals surface area (Å²) in [6, 6.07) is 9.82. The predicted molar refractivity (Wildman–Crippen MR) is 108 cm³/mol. The van der Waals surface area contributed by atoms with Gasteiger partial charge in [-0.05, 0) is 57.0 Å². The van der Waals surface area contributed by atoms with Crippen LogP contribution in [-0.2, 0) is 4.79 Å². The zero-order chi connectivity index (χ0) is 20.3. The first kappa shape index (κ1) is 19.9. The molecule has 1 aromatic heterocycles. The molecule has 0 atom stereocenters. The average molecular weight is 384 g/mol. The van der Waals surface area contributed by atoms with E-state index in [4.69, 9.17) is 10.5 Å². The molecule has 0 aliphatic carbocycles. The number of hydrogen-bond acceptors (Lipinski definition) is 4. The summed E-state index contributed by atoms with van der Waals surface area (Å²) in [5, 5.41) is 3.15. The van der Waals surface area contributed by atoms with Gasteiger partial charge in [0.1, 0.15) is 5.75 Å². The minimum Gasteiger partial charge on any atom is -0.497 e. The molecule has 2 heterocycles. The van der Waals surface area contributed by atoms with Crippen LogP contribution in [-0.4, -0.2) is 54.1 Å². The number of rotatable bonds is 6. The Morgan fingerprint density at radius 2 is 1.82 bits per heavy atom. The molecule has 1 fully saturated rings. The highest BCUT2D eigenvalue weighted by Gasteiger charge is 2.24. The maximum Gasteiger partial charge on any atom is 0.253 e. The molecule has 2 aromatic rings. The first-order chi connectivity index (χ1) is 13.4. The van der Waals surface area contributed by atoms with Gasteiger partial charge in [0.05, 0.1) is 19.2 Å². The highest BCUT2D eigenvalue weighted by atomic mass is 16.5. The fraction of sp³-hybridized carbons (Fsp3) is 0.429. The van der Waals surface area contributed by atoms with Crippen LogP contribution in [0.3, 0.4) is 0 Å². The third-order valence-electron chi connectivity index (χ3n) is 5.31. The molecule has 3 rings (SSSR count). The van der Waals surface area contributed by atoms with Crippen molar-refractivity contribution in [1.82, 2.24) is 14.8 Å². The number of carbonyl (C=O) groups is 2. The van der Waals surface area contributed by atoms with E-state index in [0.29, 0.717) is 5.56 Å². The summed E-state index contributed by atoms with van der Waals surface area (Å²) < 4.78 is 7.29. The van der Waals surface area contributed by atoms with E-state index < -0.39 is 0 Å². The summed E-state index contributed by atoms with van der Waals surface area (Å²) in [4.78, 5) is 25.9. The molecule has 1 saturated heterocycles. The van der Waals surface area contributed by atoms with Gasteiger partial charge in [-0.2, -0.15) is 0 Å². The van der Waals surface area contributed by atoms with E-state index in [1.807, 2.05) is 49.1 Å². The van der Waals surface area contributed by atoms with Crippen molar-refractivity contribution in [3.05, 3.63) is 47.3 Å². The van der Waals surface area contributed by atoms with Gasteiger partial charge in [-0.3, -0.25) is 14.5 Å². The summed E-state index contributed by atoms with van der Waals surface area (Å²) >= 11 is 0. The molecule has 1 aliphatic heterocycles. The molecule has 0 saturated carbocycles. The molecule has 150 valence electrons. The second-order valence-electron chi connectivity index (χ2n) is 7.31. The lowest BCUT2D eigenvalue weighted by atomic mass is 10.0. The molecule has 1 aliphatic rings. The third kappa shape index (κ3) is 4.36. The lowest BCUT2D eigenvalue weighted by molar-refractivity contribution is -0.119. The number of amides is 2. The van der Waals surface area contributed by atoms with Gasteiger partial charge in [-0.25, -0.2) is 0 Å². The van der Waals surface area contributed by atoms with E-state index in [-0.39, 0.29) is 24.4 Å². The van der Waals surface area contributed by atoms with Crippen molar-refractivity contribution in [1.29, 1.82) is 0 Å². The number of nitrogens with two attached hydrogens (primary N) is 1. The highest BCUT2D eigenvalue weighted by Crippen LogP contribution is 2.23. The Labute approximate surface area is 165 Å². The van der Waals surface area contributed by atoms with E-state index in [1.54, 1.807) is 7.11 Å². The van der Waals surface area contributed by atoms with E-state index in [1.165, 1.54) is 0 Å². The van der Waals surface area contributed by atoms with Gasteiger partial charge >= 0.3 is 0 Å². The van der Waals surface area contributed by atoms with Crippen LogP contribution in [0.15, 0.2) is 30.3 Å². The minimum absolute atomic E-state index is 0.0544. The summed E-state index contributed by atoms with van der Waals surface area (Å²) in [6.07, 6.45) is 1.63. The van der Waals surface area contributed by atoms with Crippen LogP contribution in [0.1, 0.15) is 34.6 Å².